The molecular weight excluding hydrogens is 708 g/mol. The number of likely N-dealkylation sites (tertiary alicyclic amines) is 1. The van der Waals surface area contributed by atoms with Crippen LogP contribution < -0.4 is 10.6 Å². The predicted molar refractivity (Wildman–Crippen MR) is 201 cm³/mol. The van der Waals surface area contributed by atoms with Gasteiger partial charge in [0.15, 0.2) is 5.82 Å². The van der Waals surface area contributed by atoms with Crippen LogP contribution in [-0.2, 0) is 22.7 Å². The van der Waals surface area contributed by atoms with Gasteiger partial charge in [0.1, 0.15) is 11.9 Å². The molecule has 0 saturated carbocycles. The van der Waals surface area contributed by atoms with Crippen molar-refractivity contribution in [2.24, 2.45) is 0 Å². The Bertz CT molecular complexity index is 2330. The molecule has 5 heterocycles. The highest BCUT2D eigenvalue weighted by Gasteiger charge is 2.39. The number of imide groups is 1. The van der Waals surface area contributed by atoms with E-state index in [-0.39, 0.29) is 23.8 Å². The van der Waals surface area contributed by atoms with Crippen LogP contribution in [0.2, 0.25) is 0 Å². The lowest BCUT2D eigenvalue weighted by atomic mass is 9.87. The Morgan fingerprint density at radius 2 is 1.71 bits per heavy atom. The average molecular weight is 748 g/mol. The Labute approximate surface area is 316 Å². The molecule has 0 radical (unpaired) electrons. The molecule has 13 heteroatoms. The van der Waals surface area contributed by atoms with Crippen LogP contribution in [0, 0.1) is 12.7 Å². The van der Waals surface area contributed by atoms with Gasteiger partial charge in [0, 0.05) is 53.2 Å². The smallest absolute Gasteiger partial charge is 0.266 e. The number of carbonyl (C=O) groups excluding carboxylic acids is 3. The highest BCUT2D eigenvalue weighted by atomic mass is 19.3. The molecule has 5 aromatic rings. The summed E-state index contributed by atoms with van der Waals surface area (Å²) >= 11 is 0. The Morgan fingerprint density at radius 3 is 2.49 bits per heavy atom. The lowest BCUT2D eigenvalue weighted by molar-refractivity contribution is -0.136. The first-order chi connectivity index (χ1) is 26.5. The standard InChI is InChI=1S/C42H40F3N7O3/c1-23(30-7-4-8-32(38(30)43)39(44)45)47-40-33-19-35(46-20-34(33)24(2)49-50-40)28-6-3-5-25(17-28)21-51-15-13-26(14-16-51)27-9-10-31-29(18-27)22-52(42(31)55)36-11-12-37(53)48-41(36)54/h3-10,17-20,23,26,36,39H,11-16,21-22H2,1-2H3,(H,47,50)(H,48,53,54)/t23-,36?/m1/s1. The van der Waals surface area contributed by atoms with Crippen molar-refractivity contribution in [1.29, 1.82) is 0 Å². The molecule has 55 heavy (non-hydrogen) atoms. The van der Waals surface area contributed by atoms with E-state index in [1.807, 2.05) is 37.3 Å². The highest BCUT2D eigenvalue weighted by Crippen LogP contribution is 2.35. The predicted octanol–water partition coefficient (Wildman–Crippen LogP) is 7.39. The van der Waals surface area contributed by atoms with Crippen LogP contribution in [0.3, 0.4) is 0 Å². The summed E-state index contributed by atoms with van der Waals surface area (Å²) in [5.41, 5.74) is 5.72. The minimum atomic E-state index is -2.92. The number of anilines is 1. The molecule has 2 saturated heterocycles. The molecule has 2 fully saturated rings. The third kappa shape index (κ3) is 7.16. The van der Waals surface area contributed by atoms with E-state index in [1.165, 1.54) is 17.7 Å². The number of nitrogens with zero attached hydrogens (tertiary/aromatic N) is 5. The summed E-state index contributed by atoms with van der Waals surface area (Å²) in [7, 11) is 0. The molecule has 3 aliphatic heterocycles. The number of hydrogen-bond donors (Lipinski definition) is 2. The van der Waals surface area contributed by atoms with E-state index in [1.54, 1.807) is 18.0 Å². The molecule has 3 amide bonds. The molecule has 2 N–H and O–H groups in total. The van der Waals surface area contributed by atoms with E-state index in [0.29, 0.717) is 36.0 Å². The topological polar surface area (TPSA) is 120 Å². The van der Waals surface area contributed by atoms with Crippen molar-refractivity contribution in [1.82, 2.24) is 30.3 Å². The largest absolute Gasteiger partial charge is 0.361 e. The molecule has 10 nitrogen and oxygen atoms in total. The summed E-state index contributed by atoms with van der Waals surface area (Å²) in [6.45, 7) is 6.50. The third-order valence-electron chi connectivity index (χ3n) is 11.2. The fourth-order valence-corrected chi connectivity index (χ4v) is 8.15. The summed E-state index contributed by atoms with van der Waals surface area (Å²) < 4.78 is 41.8. The van der Waals surface area contributed by atoms with Gasteiger partial charge >= 0.3 is 0 Å². The van der Waals surface area contributed by atoms with Gasteiger partial charge in [-0.05, 0) is 87.0 Å². The van der Waals surface area contributed by atoms with Gasteiger partial charge in [0.25, 0.3) is 12.3 Å². The van der Waals surface area contributed by atoms with Crippen LogP contribution >= 0.6 is 0 Å². The summed E-state index contributed by atoms with van der Waals surface area (Å²) in [5.74, 6) is -1.04. The fraction of sp³-hybridized carbons (Fsp3) is 0.333. The van der Waals surface area contributed by atoms with E-state index < -0.39 is 35.8 Å². The SMILES string of the molecule is Cc1nnc(N[C@H](C)c2cccc(C(F)F)c2F)c2cc(-c3cccc(CN4CCC(c5ccc6c(c5)CN(C5CCC(=O)NC5=O)C6=O)CC4)c3)ncc12. The number of alkyl halides is 2. The molecule has 2 atom stereocenters. The van der Waals surface area contributed by atoms with Crippen molar-refractivity contribution in [2.75, 3.05) is 18.4 Å². The van der Waals surface area contributed by atoms with Gasteiger partial charge in [0.05, 0.1) is 23.0 Å². The molecule has 8 rings (SSSR count). The van der Waals surface area contributed by atoms with Crippen LogP contribution in [0.4, 0.5) is 19.0 Å². The molecule has 3 aliphatic rings. The lowest BCUT2D eigenvalue weighted by Crippen LogP contribution is -2.52. The van der Waals surface area contributed by atoms with Gasteiger partial charge in [-0.15, -0.1) is 5.10 Å². The van der Waals surface area contributed by atoms with Gasteiger partial charge in [-0.1, -0.05) is 48.5 Å². The second-order valence-electron chi connectivity index (χ2n) is 14.7. The number of hydrogen-bond acceptors (Lipinski definition) is 8. The maximum atomic E-state index is 15.0. The van der Waals surface area contributed by atoms with Crippen molar-refractivity contribution in [2.45, 2.75) is 77.0 Å². The maximum absolute atomic E-state index is 15.0. The van der Waals surface area contributed by atoms with Crippen LogP contribution in [0.1, 0.15) is 94.9 Å². The molecular formula is C42H40F3N7O3. The van der Waals surface area contributed by atoms with E-state index in [0.717, 1.165) is 71.7 Å². The normalized spacial score (nSPS) is 18.5. The summed E-state index contributed by atoms with van der Waals surface area (Å²) in [4.78, 5) is 46.0. The number of carbonyl (C=O) groups is 3. The number of fused-ring (bicyclic) bond motifs is 2. The number of aryl methyl sites for hydroxylation is 1. The second kappa shape index (κ2) is 14.9. The van der Waals surface area contributed by atoms with E-state index >= 15 is 0 Å². The molecule has 1 unspecified atom stereocenters. The average Bonchev–Trinajstić information content (AvgIpc) is 3.51. The summed E-state index contributed by atoms with van der Waals surface area (Å²) in [6, 6.07) is 19.0. The van der Waals surface area contributed by atoms with Crippen molar-refractivity contribution < 1.29 is 27.6 Å². The summed E-state index contributed by atoms with van der Waals surface area (Å²) in [5, 5.41) is 15.7. The fourth-order valence-electron chi connectivity index (χ4n) is 8.15. The molecule has 0 aliphatic carbocycles. The molecule has 3 aromatic carbocycles. The number of amides is 3. The molecule has 282 valence electrons. The van der Waals surface area contributed by atoms with Crippen LogP contribution in [0.25, 0.3) is 22.0 Å². The highest BCUT2D eigenvalue weighted by molar-refractivity contribution is 6.05. The first-order valence-electron chi connectivity index (χ1n) is 18.6. The van der Waals surface area contributed by atoms with Crippen molar-refractivity contribution in [3.8, 4) is 11.3 Å². The molecule has 0 spiro atoms. The number of halogens is 3. The first-order valence-corrected chi connectivity index (χ1v) is 18.6. The van der Waals surface area contributed by atoms with Gasteiger partial charge in [-0.3, -0.25) is 29.6 Å². The van der Waals surface area contributed by atoms with Crippen LogP contribution in [0.5, 0.6) is 0 Å². The van der Waals surface area contributed by atoms with E-state index in [2.05, 4.69) is 43.9 Å². The van der Waals surface area contributed by atoms with Crippen LogP contribution in [0.15, 0.2) is 72.9 Å². The number of piperidine rings is 2. The number of nitrogens with one attached hydrogen (secondary N) is 2. The number of pyridine rings is 1. The lowest BCUT2D eigenvalue weighted by Gasteiger charge is -2.32. The number of benzene rings is 3. The Balaban J connectivity index is 0.934. The monoisotopic (exact) mass is 747 g/mol. The number of aromatic nitrogens is 3. The zero-order valence-corrected chi connectivity index (χ0v) is 30.5. The Morgan fingerprint density at radius 1 is 0.927 bits per heavy atom. The minimum Gasteiger partial charge on any atom is -0.361 e. The summed E-state index contributed by atoms with van der Waals surface area (Å²) in [6.07, 6.45) is 1.35. The Hall–Kier alpha value is -5.69. The number of rotatable bonds is 9. The third-order valence-corrected chi connectivity index (χ3v) is 11.2. The van der Waals surface area contributed by atoms with Crippen molar-refractivity contribution >= 4 is 34.3 Å². The van der Waals surface area contributed by atoms with Gasteiger partial charge < -0.3 is 10.2 Å². The quantitative estimate of drug-likeness (QED) is 0.150. The van der Waals surface area contributed by atoms with E-state index in [9.17, 15) is 27.6 Å². The van der Waals surface area contributed by atoms with Gasteiger partial charge in [-0.2, -0.15) is 5.10 Å². The zero-order valence-electron chi connectivity index (χ0n) is 30.5. The van der Waals surface area contributed by atoms with Crippen LogP contribution in [-0.4, -0.2) is 61.8 Å². The maximum Gasteiger partial charge on any atom is 0.266 e. The first kappa shape index (κ1) is 36.3. The zero-order chi connectivity index (χ0) is 38.4. The van der Waals surface area contributed by atoms with E-state index in [4.69, 9.17) is 4.98 Å². The minimum absolute atomic E-state index is 0.112. The second-order valence-corrected chi connectivity index (χ2v) is 14.7. The molecule has 2 aromatic heterocycles. The Kier molecular flexibility index (Phi) is 9.80. The van der Waals surface area contributed by atoms with Gasteiger partial charge in [-0.25, -0.2) is 13.2 Å². The molecule has 0 bridgehead atoms. The van der Waals surface area contributed by atoms with Crippen molar-refractivity contribution in [3.05, 3.63) is 118 Å². The van der Waals surface area contributed by atoms with Gasteiger partial charge in [0.2, 0.25) is 11.8 Å². The van der Waals surface area contributed by atoms with Crippen molar-refractivity contribution in [3.63, 3.8) is 0 Å².